The van der Waals surface area contributed by atoms with Crippen LogP contribution in [0.1, 0.15) is 34.1 Å². The van der Waals surface area contributed by atoms with Crippen molar-refractivity contribution in [3.05, 3.63) is 69.9 Å². The van der Waals surface area contributed by atoms with Crippen LogP contribution in [-0.4, -0.2) is 41.5 Å². The highest BCUT2D eigenvalue weighted by atomic mass is 35.5. The van der Waals surface area contributed by atoms with Crippen molar-refractivity contribution in [3.63, 3.8) is 0 Å². The van der Waals surface area contributed by atoms with Crippen molar-refractivity contribution in [3.8, 4) is 0 Å². The minimum atomic E-state index is -0.509. The van der Waals surface area contributed by atoms with E-state index in [4.69, 9.17) is 21.3 Å². The summed E-state index contributed by atoms with van der Waals surface area (Å²) in [4.78, 5) is 32.6. The summed E-state index contributed by atoms with van der Waals surface area (Å²) in [6, 6.07) is 12.8. The summed E-state index contributed by atoms with van der Waals surface area (Å²) < 4.78 is 5.45. The van der Waals surface area contributed by atoms with Crippen molar-refractivity contribution >= 4 is 40.1 Å². The van der Waals surface area contributed by atoms with E-state index < -0.39 is 11.9 Å². The smallest absolute Gasteiger partial charge is 0.339 e. The Hall–Kier alpha value is -2.96. The Kier molecular flexibility index (Phi) is 6.20. The number of carbonyl (C=O) groups is 2. The molecule has 1 aliphatic heterocycles. The van der Waals surface area contributed by atoms with Crippen LogP contribution in [0.5, 0.6) is 0 Å². The number of carbonyl (C=O) groups excluding carboxylic acids is 2. The molecular weight excluding hydrogens is 414 g/mol. The number of nitrogens with one attached hydrogen (secondary N) is 1. The Morgan fingerprint density at radius 2 is 2.03 bits per heavy atom. The van der Waals surface area contributed by atoms with Crippen LogP contribution in [0.15, 0.2) is 42.5 Å². The number of aromatic nitrogens is 1. The summed E-state index contributed by atoms with van der Waals surface area (Å²) in [6.45, 7) is 6.02. The van der Waals surface area contributed by atoms with Gasteiger partial charge in [-0.05, 0) is 37.2 Å². The van der Waals surface area contributed by atoms with E-state index in [2.05, 4.69) is 17.1 Å². The number of hydrogen-bond donors (Lipinski definition) is 1. The number of esters is 1. The molecule has 0 radical (unpaired) electrons. The van der Waals surface area contributed by atoms with Gasteiger partial charge in [0.05, 0.1) is 11.1 Å². The molecule has 1 N–H and O–H groups in total. The van der Waals surface area contributed by atoms with Gasteiger partial charge in [0.2, 0.25) is 0 Å². The summed E-state index contributed by atoms with van der Waals surface area (Å²) in [7, 11) is 0. The average molecular weight is 438 g/mol. The second-order valence-corrected chi connectivity index (χ2v) is 8.07. The molecule has 1 aliphatic rings. The maximum atomic E-state index is 13.1. The van der Waals surface area contributed by atoms with E-state index in [1.807, 2.05) is 37.3 Å². The van der Waals surface area contributed by atoms with Gasteiger partial charge in [0.25, 0.3) is 5.91 Å². The zero-order chi connectivity index (χ0) is 22.0. The third-order valence-electron chi connectivity index (χ3n) is 5.58. The van der Waals surface area contributed by atoms with Crippen LogP contribution in [0.4, 0.5) is 5.69 Å². The van der Waals surface area contributed by atoms with Crippen molar-refractivity contribution in [2.24, 2.45) is 0 Å². The van der Waals surface area contributed by atoms with Crippen molar-refractivity contribution in [1.82, 2.24) is 9.88 Å². The minimum absolute atomic E-state index is 0.381. The van der Waals surface area contributed by atoms with Gasteiger partial charge in [0.15, 0.2) is 6.61 Å². The number of likely N-dealkylation sites (N-methyl/N-ethyl adjacent to an activating group) is 1. The van der Waals surface area contributed by atoms with Crippen LogP contribution in [0.25, 0.3) is 10.9 Å². The zero-order valence-corrected chi connectivity index (χ0v) is 18.3. The summed E-state index contributed by atoms with van der Waals surface area (Å²) in [5, 5.41) is 4.02. The molecule has 0 fully saturated rings. The lowest BCUT2D eigenvalue weighted by molar-refractivity contribution is -0.119. The van der Waals surface area contributed by atoms with Crippen molar-refractivity contribution < 1.29 is 14.3 Å². The molecule has 2 heterocycles. The number of benzene rings is 2. The third-order valence-corrected chi connectivity index (χ3v) is 5.82. The quantitative estimate of drug-likeness (QED) is 0.600. The molecule has 0 atom stereocenters. The van der Waals surface area contributed by atoms with Crippen LogP contribution in [0, 0.1) is 6.92 Å². The number of amides is 1. The first-order chi connectivity index (χ1) is 15.0. The van der Waals surface area contributed by atoms with Crippen molar-refractivity contribution in [2.75, 3.05) is 25.0 Å². The van der Waals surface area contributed by atoms with E-state index in [0.717, 1.165) is 47.2 Å². The number of para-hydroxylation sites is 1. The van der Waals surface area contributed by atoms with Crippen molar-refractivity contribution in [1.29, 1.82) is 0 Å². The number of hydrogen-bond acceptors (Lipinski definition) is 5. The summed E-state index contributed by atoms with van der Waals surface area (Å²) >= 11 is 6.01. The highest BCUT2D eigenvalue weighted by molar-refractivity contribution is 6.31. The molecule has 6 nitrogen and oxygen atoms in total. The predicted molar refractivity (Wildman–Crippen MR) is 121 cm³/mol. The maximum Gasteiger partial charge on any atom is 0.339 e. The van der Waals surface area contributed by atoms with Gasteiger partial charge >= 0.3 is 5.97 Å². The molecule has 0 bridgehead atoms. The second-order valence-electron chi connectivity index (χ2n) is 7.63. The first kappa shape index (κ1) is 21.3. The molecule has 31 heavy (non-hydrogen) atoms. The molecule has 1 aromatic heterocycles. The van der Waals surface area contributed by atoms with Gasteiger partial charge in [0.1, 0.15) is 0 Å². The minimum Gasteiger partial charge on any atom is -0.452 e. The number of ether oxygens (including phenoxy) is 1. The second kappa shape index (κ2) is 9.04. The largest absolute Gasteiger partial charge is 0.452 e. The number of fused-ring (bicyclic) bond motifs is 2. The van der Waals surface area contributed by atoms with E-state index in [1.54, 1.807) is 12.1 Å². The third kappa shape index (κ3) is 4.55. The molecule has 160 valence electrons. The normalized spacial score (nSPS) is 13.6. The van der Waals surface area contributed by atoms with E-state index >= 15 is 0 Å². The lowest BCUT2D eigenvalue weighted by Gasteiger charge is -2.28. The standard InChI is InChI=1S/C24H24ClN3O3/c1-3-28-11-10-20-18(13-28)23(17-6-4-5-7-19(17)26-20)24(30)31-14-22(29)27-21-12-16(25)9-8-15(21)2/h4-9,12H,3,10-11,13-14H2,1-2H3,(H,27,29). The average Bonchev–Trinajstić information content (AvgIpc) is 2.78. The van der Waals surface area contributed by atoms with Gasteiger partial charge in [-0.1, -0.05) is 42.8 Å². The highest BCUT2D eigenvalue weighted by Crippen LogP contribution is 2.29. The van der Waals surface area contributed by atoms with Gasteiger partial charge in [-0.15, -0.1) is 0 Å². The van der Waals surface area contributed by atoms with Crippen molar-refractivity contribution in [2.45, 2.75) is 26.8 Å². The SMILES string of the molecule is CCN1CCc2nc3ccccc3c(C(=O)OCC(=O)Nc3cc(Cl)ccc3C)c2C1. The molecule has 3 aromatic rings. The lowest BCUT2D eigenvalue weighted by Crippen LogP contribution is -2.32. The Labute approximate surface area is 186 Å². The number of halogens is 1. The summed E-state index contributed by atoms with van der Waals surface area (Å²) in [5.41, 5.74) is 4.55. The van der Waals surface area contributed by atoms with Crippen LogP contribution in [-0.2, 0) is 22.5 Å². The topological polar surface area (TPSA) is 71.5 Å². The molecule has 0 unspecified atom stereocenters. The van der Waals surface area contributed by atoms with Crippen LogP contribution in [0.2, 0.25) is 5.02 Å². The van der Waals surface area contributed by atoms with Crippen LogP contribution < -0.4 is 5.32 Å². The molecule has 7 heteroatoms. The Balaban J connectivity index is 1.57. The van der Waals surface area contributed by atoms with E-state index in [1.165, 1.54) is 0 Å². The van der Waals surface area contributed by atoms with Crippen LogP contribution >= 0.6 is 11.6 Å². The fourth-order valence-electron chi connectivity index (χ4n) is 3.87. The Bertz CT molecular complexity index is 1160. The monoisotopic (exact) mass is 437 g/mol. The molecule has 0 saturated heterocycles. The Morgan fingerprint density at radius 3 is 2.84 bits per heavy atom. The van der Waals surface area contributed by atoms with Gasteiger partial charge in [-0.3, -0.25) is 14.7 Å². The Morgan fingerprint density at radius 1 is 1.23 bits per heavy atom. The predicted octanol–water partition coefficient (Wildman–Crippen LogP) is 4.37. The zero-order valence-electron chi connectivity index (χ0n) is 17.6. The fourth-order valence-corrected chi connectivity index (χ4v) is 4.04. The first-order valence-corrected chi connectivity index (χ1v) is 10.7. The highest BCUT2D eigenvalue weighted by Gasteiger charge is 2.26. The summed E-state index contributed by atoms with van der Waals surface area (Å²) in [6.07, 6.45) is 0.781. The fraction of sp³-hybridized carbons (Fsp3) is 0.292. The number of aryl methyl sites for hydroxylation is 1. The summed E-state index contributed by atoms with van der Waals surface area (Å²) in [5.74, 6) is -0.924. The van der Waals surface area contributed by atoms with Gasteiger partial charge in [-0.25, -0.2) is 4.79 Å². The molecule has 4 rings (SSSR count). The molecule has 2 aromatic carbocycles. The number of rotatable bonds is 5. The van der Waals surface area contributed by atoms with Crippen LogP contribution in [0.3, 0.4) is 0 Å². The molecule has 1 amide bonds. The first-order valence-electron chi connectivity index (χ1n) is 10.3. The van der Waals surface area contributed by atoms with Gasteiger partial charge in [0, 0.05) is 46.9 Å². The molecule has 0 saturated carbocycles. The van der Waals surface area contributed by atoms with E-state index in [-0.39, 0.29) is 6.61 Å². The maximum absolute atomic E-state index is 13.1. The van der Waals surface area contributed by atoms with Gasteiger partial charge in [-0.2, -0.15) is 0 Å². The van der Waals surface area contributed by atoms with Gasteiger partial charge < -0.3 is 10.1 Å². The molecule has 0 aliphatic carbocycles. The number of pyridine rings is 1. The number of anilines is 1. The molecular formula is C24H24ClN3O3. The van der Waals surface area contributed by atoms with E-state index in [9.17, 15) is 9.59 Å². The number of nitrogens with zero attached hydrogens (tertiary/aromatic N) is 2. The van der Waals surface area contributed by atoms with E-state index in [0.29, 0.717) is 22.8 Å². The molecule has 0 spiro atoms. The lowest BCUT2D eigenvalue weighted by atomic mass is 9.96.